The molecule has 108 valence electrons. The van der Waals surface area contributed by atoms with Crippen LogP contribution in [0.2, 0.25) is 0 Å². The zero-order chi connectivity index (χ0) is 14.2. The molecule has 1 fully saturated rings. The number of rotatable bonds is 1. The summed E-state index contributed by atoms with van der Waals surface area (Å²) in [5.41, 5.74) is 2.28. The number of hydrogen-bond donors (Lipinski definition) is 2. The van der Waals surface area contributed by atoms with Crippen LogP contribution < -0.4 is 15.5 Å². The molecule has 1 spiro atoms. The average Bonchev–Trinajstić information content (AvgIpc) is 2.71. The Morgan fingerprint density at radius 3 is 2.90 bits per heavy atom. The maximum absolute atomic E-state index is 12.7. The minimum atomic E-state index is -0.0824. The number of para-hydroxylation sites is 1. The van der Waals surface area contributed by atoms with Gasteiger partial charge in [0.15, 0.2) is 0 Å². The van der Waals surface area contributed by atoms with Crippen molar-refractivity contribution in [3.8, 4) is 0 Å². The summed E-state index contributed by atoms with van der Waals surface area (Å²) in [4.78, 5) is 14.7. The van der Waals surface area contributed by atoms with Gasteiger partial charge in [0, 0.05) is 18.3 Å². The van der Waals surface area contributed by atoms with Gasteiger partial charge in [0.2, 0.25) is 0 Å². The molecule has 1 unspecified atom stereocenters. The number of urea groups is 1. The van der Waals surface area contributed by atoms with Crippen LogP contribution >= 0.6 is 0 Å². The number of benzene rings is 1. The summed E-state index contributed by atoms with van der Waals surface area (Å²) in [5.74, 6) is 0. The third-order valence-corrected chi connectivity index (χ3v) is 4.29. The third-order valence-electron chi connectivity index (χ3n) is 4.29. The van der Waals surface area contributed by atoms with E-state index in [2.05, 4.69) is 28.8 Å². The first-order chi connectivity index (χ1) is 9.62. The highest BCUT2D eigenvalue weighted by Crippen LogP contribution is 2.42. The normalized spacial score (nSPS) is 25.1. The van der Waals surface area contributed by atoms with Gasteiger partial charge in [0.25, 0.3) is 0 Å². The molecule has 4 heteroatoms. The fourth-order valence-electron chi connectivity index (χ4n) is 3.50. The summed E-state index contributed by atoms with van der Waals surface area (Å²) >= 11 is 0. The van der Waals surface area contributed by atoms with Gasteiger partial charge in [-0.3, -0.25) is 4.90 Å². The second-order valence-electron chi connectivity index (χ2n) is 6.25. The lowest BCUT2D eigenvalue weighted by Gasteiger charge is -2.42. The van der Waals surface area contributed by atoms with Crippen LogP contribution in [0.1, 0.15) is 32.3 Å². The van der Waals surface area contributed by atoms with E-state index in [1.54, 1.807) is 0 Å². The van der Waals surface area contributed by atoms with Crippen molar-refractivity contribution in [1.82, 2.24) is 10.6 Å². The van der Waals surface area contributed by atoms with Gasteiger partial charge in [-0.1, -0.05) is 18.2 Å². The van der Waals surface area contributed by atoms with E-state index in [1.807, 2.05) is 24.8 Å². The first-order valence-electron chi connectivity index (χ1n) is 7.52. The van der Waals surface area contributed by atoms with Crippen molar-refractivity contribution in [1.29, 1.82) is 0 Å². The molecule has 1 saturated heterocycles. The monoisotopic (exact) mass is 273 g/mol. The maximum atomic E-state index is 12.7. The largest absolute Gasteiger partial charge is 0.335 e. The van der Waals surface area contributed by atoms with Crippen LogP contribution in [0.5, 0.6) is 0 Å². The molecule has 0 saturated carbocycles. The number of amides is 2. The van der Waals surface area contributed by atoms with Crippen molar-refractivity contribution in [2.45, 2.75) is 44.7 Å². The number of carbonyl (C=O) groups excluding carboxylic acids is 1. The molecule has 20 heavy (non-hydrogen) atoms. The van der Waals surface area contributed by atoms with Crippen LogP contribution in [-0.2, 0) is 6.42 Å². The van der Waals surface area contributed by atoms with E-state index in [9.17, 15) is 4.79 Å². The van der Waals surface area contributed by atoms with Gasteiger partial charge in [-0.15, -0.1) is 0 Å². The molecule has 4 nitrogen and oxygen atoms in total. The van der Waals surface area contributed by atoms with E-state index in [4.69, 9.17) is 0 Å². The summed E-state index contributed by atoms with van der Waals surface area (Å²) in [6.45, 7) is 5.95. The highest BCUT2D eigenvalue weighted by Gasteiger charge is 2.47. The molecular weight excluding hydrogens is 250 g/mol. The lowest BCUT2D eigenvalue weighted by Crippen LogP contribution is -2.61. The van der Waals surface area contributed by atoms with Gasteiger partial charge >= 0.3 is 6.03 Å². The number of fused-ring (bicyclic) bond motifs is 1. The Bertz CT molecular complexity index is 506. The highest BCUT2D eigenvalue weighted by molar-refractivity contribution is 5.96. The Morgan fingerprint density at radius 1 is 1.40 bits per heavy atom. The van der Waals surface area contributed by atoms with Crippen LogP contribution in [0.4, 0.5) is 10.5 Å². The van der Waals surface area contributed by atoms with E-state index in [1.165, 1.54) is 5.56 Å². The van der Waals surface area contributed by atoms with Crippen molar-refractivity contribution in [2.75, 3.05) is 18.0 Å². The number of anilines is 1. The predicted octanol–water partition coefficient (Wildman–Crippen LogP) is 2.29. The Hall–Kier alpha value is -1.55. The standard InChI is InChI=1S/C16H23N3O/c1-12(2)18-15(20)19-14-7-4-3-6-13(14)10-16(19)8-5-9-17-11-16/h3-4,6-7,12,17H,5,8-11H2,1-2H3,(H,18,20). The Morgan fingerprint density at radius 2 is 2.20 bits per heavy atom. The van der Waals surface area contributed by atoms with Crippen LogP contribution in [0.25, 0.3) is 0 Å². The third kappa shape index (κ3) is 2.18. The van der Waals surface area contributed by atoms with Crippen LogP contribution in [-0.4, -0.2) is 30.7 Å². The number of nitrogens with one attached hydrogen (secondary N) is 2. The SMILES string of the molecule is CC(C)NC(=O)N1c2ccccc2CC12CCCNC2. The van der Waals surface area contributed by atoms with Crippen LogP contribution in [0, 0.1) is 0 Å². The highest BCUT2D eigenvalue weighted by atomic mass is 16.2. The van der Waals surface area contributed by atoms with Gasteiger partial charge in [-0.2, -0.15) is 0 Å². The van der Waals surface area contributed by atoms with E-state index in [0.29, 0.717) is 0 Å². The minimum Gasteiger partial charge on any atom is -0.335 e. The van der Waals surface area contributed by atoms with Crippen molar-refractivity contribution in [2.24, 2.45) is 0 Å². The summed E-state index contributed by atoms with van der Waals surface area (Å²) < 4.78 is 0. The van der Waals surface area contributed by atoms with Gasteiger partial charge in [0.05, 0.1) is 5.54 Å². The van der Waals surface area contributed by atoms with Crippen molar-refractivity contribution in [3.63, 3.8) is 0 Å². The van der Waals surface area contributed by atoms with Crippen LogP contribution in [0.3, 0.4) is 0 Å². The number of carbonyl (C=O) groups is 1. The van der Waals surface area contributed by atoms with Gasteiger partial charge < -0.3 is 10.6 Å². The summed E-state index contributed by atoms with van der Waals surface area (Å²) in [7, 11) is 0. The van der Waals surface area contributed by atoms with E-state index in [-0.39, 0.29) is 17.6 Å². The average molecular weight is 273 g/mol. The summed E-state index contributed by atoms with van der Waals surface area (Å²) in [6.07, 6.45) is 3.15. The zero-order valence-corrected chi connectivity index (χ0v) is 12.3. The quantitative estimate of drug-likeness (QED) is 0.824. The molecule has 0 bridgehead atoms. The molecule has 1 aromatic carbocycles. The Kier molecular flexibility index (Phi) is 3.42. The van der Waals surface area contributed by atoms with Crippen molar-refractivity contribution >= 4 is 11.7 Å². The van der Waals surface area contributed by atoms with Crippen LogP contribution in [0.15, 0.2) is 24.3 Å². The van der Waals surface area contributed by atoms with E-state index >= 15 is 0 Å². The molecule has 3 rings (SSSR count). The molecule has 2 N–H and O–H groups in total. The predicted molar refractivity (Wildman–Crippen MR) is 81.1 cm³/mol. The van der Waals surface area contributed by atoms with Gasteiger partial charge in [-0.25, -0.2) is 4.79 Å². The topological polar surface area (TPSA) is 44.4 Å². The lowest BCUT2D eigenvalue weighted by atomic mass is 9.86. The fraction of sp³-hybridized carbons (Fsp3) is 0.562. The first-order valence-corrected chi connectivity index (χ1v) is 7.52. The fourth-order valence-corrected chi connectivity index (χ4v) is 3.50. The molecule has 2 aliphatic heterocycles. The lowest BCUT2D eigenvalue weighted by molar-refractivity contribution is 0.228. The van der Waals surface area contributed by atoms with E-state index in [0.717, 1.165) is 38.0 Å². The number of piperidine rings is 1. The molecule has 2 heterocycles. The molecule has 0 radical (unpaired) electrons. The number of nitrogens with zero attached hydrogens (tertiary/aromatic N) is 1. The molecular formula is C16H23N3O. The second kappa shape index (κ2) is 5.09. The Labute approximate surface area is 120 Å². The minimum absolute atomic E-state index is 0.0358. The van der Waals surface area contributed by atoms with Crippen molar-refractivity contribution in [3.05, 3.63) is 29.8 Å². The van der Waals surface area contributed by atoms with Gasteiger partial charge in [0.1, 0.15) is 0 Å². The molecule has 1 atom stereocenters. The molecule has 2 aliphatic rings. The Balaban J connectivity index is 1.97. The summed E-state index contributed by atoms with van der Waals surface area (Å²) in [5, 5.41) is 6.53. The van der Waals surface area contributed by atoms with Gasteiger partial charge in [-0.05, 0) is 51.3 Å². The zero-order valence-electron chi connectivity index (χ0n) is 12.3. The second-order valence-corrected chi connectivity index (χ2v) is 6.25. The smallest absolute Gasteiger partial charge is 0.322 e. The molecule has 2 amide bonds. The molecule has 1 aromatic rings. The maximum Gasteiger partial charge on any atom is 0.322 e. The summed E-state index contributed by atoms with van der Waals surface area (Å²) in [6, 6.07) is 8.49. The first kappa shape index (κ1) is 13.4. The van der Waals surface area contributed by atoms with E-state index < -0.39 is 0 Å². The number of hydrogen-bond acceptors (Lipinski definition) is 2. The molecule has 0 aliphatic carbocycles. The van der Waals surface area contributed by atoms with Crippen molar-refractivity contribution < 1.29 is 4.79 Å². The molecule has 0 aromatic heterocycles.